The molecule has 3 aromatic rings. The molecule has 0 radical (unpaired) electrons. The summed E-state index contributed by atoms with van der Waals surface area (Å²) < 4.78 is 14.7. The van der Waals surface area contributed by atoms with Crippen molar-refractivity contribution in [2.75, 3.05) is 0 Å². The van der Waals surface area contributed by atoms with Crippen LogP contribution in [-0.4, -0.2) is 20.9 Å². The minimum absolute atomic E-state index is 0.282. The van der Waals surface area contributed by atoms with Crippen molar-refractivity contribution in [3.63, 3.8) is 0 Å². The molecule has 0 aliphatic heterocycles. The lowest BCUT2D eigenvalue weighted by atomic mass is 10.1. The van der Waals surface area contributed by atoms with Crippen LogP contribution in [0, 0.1) is 5.82 Å². The third-order valence-electron chi connectivity index (χ3n) is 3.67. The van der Waals surface area contributed by atoms with Crippen molar-refractivity contribution in [1.82, 2.24) is 20.3 Å². The molecule has 6 nitrogen and oxygen atoms in total. The summed E-state index contributed by atoms with van der Waals surface area (Å²) in [5.41, 5.74) is 0.455. The van der Waals surface area contributed by atoms with Crippen LogP contribution in [0.25, 0.3) is 10.9 Å². The van der Waals surface area contributed by atoms with Crippen LogP contribution >= 0.6 is 0 Å². The Balaban J connectivity index is 1.77. The van der Waals surface area contributed by atoms with Crippen LogP contribution < -0.4 is 10.9 Å². The molecule has 0 aliphatic carbocycles. The van der Waals surface area contributed by atoms with Crippen molar-refractivity contribution >= 4 is 16.8 Å². The summed E-state index contributed by atoms with van der Waals surface area (Å²) in [5, 5.41) is 10.7. The maximum Gasteiger partial charge on any atom is 0.278 e. The molecule has 0 aliphatic rings. The number of amides is 1. The van der Waals surface area contributed by atoms with Crippen LogP contribution in [0.4, 0.5) is 4.39 Å². The normalized spacial score (nSPS) is 12.1. The second-order valence-corrected chi connectivity index (χ2v) is 5.38. The van der Waals surface area contributed by atoms with Crippen LogP contribution in [0.1, 0.15) is 18.5 Å². The van der Waals surface area contributed by atoms with Gasteiger partial charge in [-0.1, -0.05) is 35.5 Å². The Morgan fingerprint density at radius 2 is 1.92 bits per heavy atom. The topological polar surface area (TPSA) is 76.9 Å². The molecule has 0 spiro atoms. The fourth-order valence-electron chi connectivity index (χ4n) is 2.45. The second kappa shape index (κ2) is 6.57. The Hall–Kier alpha value is -3.09. The molecule has 1 atom stereocenters. The van der Waals surface area contributed by atoms with Gasteiger partial charge < -0.3 is 5.32 Å². The van der Waals surface area contributed by atoms with Gasteiger partial charge in [0.05, 0.1) is 11.4 Å². The number of hydrogen-bond donors (Lipinski definition) is 1. The van der Waals surface area contributed by atoms with Gasteiger partial charge in [0.2, 0.25) is 5.91 Å². The van der Waals surface area contributed by atoms with E-state index in [0.717, 1.165) is 4.68 Å². The number of nitrogens with one attached hydrogen (secondary N) is 1. The van der Waals surface area contributed by atoms with Gasteiger partial charge in [0.15, 0.2) is 0 Å². The van der Waals surface area contributed by atoms with Gasteiger partial charge in [-0.15, -0.1) is 5.10 Å². The first-order valence-corrected chi connectivity index (χ1v) is 7.42. The highest BCUT2D eigenvalue weighted by atomic mass is 19.1. The molecular formula is C17H15FN4O2. The number of nitrogens with zero attached hydrogens (tertiary/aromatic N) is 3. The number of hydrogen-bond acceptors (Lipinski definition) is 4. The minimum Gasteiger partial charge on any atom is -0.348 e. The van der Waals surface area contributed by atoms with Crippen LogP contribution in [-0.2, 0) is 11.3 Å². The highest BCUT2D eigenvalue weighted by Gasteiger charge is 2.15. The van der Waals surface area contributed by atoms with Crippen LogP contribution in [0.2, 0.25) is 0 Å². The molecule has 3 rings (SSSR count). The summed E-state index contributed by atoms with van der Waals surface area (Å²) in [4.78, 5) is 24.4. The first-order chi connectivity index (χ1) is 11.6. The third-order valence-corrected chi connectivity index (χ3v) is 3.67. The van der Waals surface area contributed by atoms with E-state index in [1.54, 1.807) is 49.4 Å². The lowest BCUT2D eigenvalue weighted by molar-refractivity contribution is -0.122. The van der Waals surface area contributed by atoms with Gasteiger partial charge in [0, 0.05) is 5.56 Å². The predicted octanol–water partition coefficient (Wildman–Crippen LogP) is 1.81. The monoisotopic (exact) mass is 326 g/mol. The Morgan fingerprint density at radius 3 is 2.71 bits per heavy atom. The summed E-state index contributed by atoms with van der Waals surface area (Å²) in [6.45, 7) is 1.39. The number of aromatic nitrogens is 3. The van der Waals surface area contributed by atoms with Crippen molar-refractivity contribution in [3.05, 3.63) is 70.3 Å². The van der Waals surface area contributed by atoms with Crippen LogP contribution in [0.3, 0.4) is 0 Å². The minimum atomic E-state index is -0.525. The molecule has 1 amide bonds. The number of carbonyl (C=O) groups excluding carboxylic acids is 1. The SMILES string of the molecule is C[C@@H](NC(=O)Cn1nnc2ccccc2c1=O)c1ccccc1F. The lowest BCUT2D eigenvalue weighted by Gasteiger charge is -2.15. The molecule has 1 N–H and O–H groups in total. The fourth-order valence-corrected chi connectivity index (χ4v) is 2.45. The lowest BCUT2D eigenvalue weighted by Crippen LogP contribution is -2.35. The van der Waals surface area contributed by atoms with E-state index in [1.807, 2.05) is 0 Å². The number of carbonyl (C=O) groups is 1. The average Bonchev–Trinajstić information content (AvgIpc) is 2.58. The molecule has 0 unspecified atom stereocenters. The van der Waals surface area contributed by atoms with Gasteiger partial charge in [-0.3, -0.25) is 9.59 Å². The molecule has 0 fully saturated rings. The summed E-state index contributed by atoms with van der Waals surface area (Å²) in [7, 11) is 0. The largest absolute Gasteiger partial charge is 0.348 e. The van der Waals surface area contributed by atoms with Gasteiger partial charge in [0.25, 0.3) is 5.56 Å². The zero-order valence-electron chi connectivity index (χ0n) is 12.9. The fraction of sp³-hybridized carbons (Fsp3) is 0.176. The Labute approximate surface area is 136 Å². The first kappa shape index (κ1) is 15.8. The van der Waals surface area contributed by atoms with Gasteiger partial charge >= 0.3 is 0 Å². The molecule has 1 aromatic heterocycles. The van der Waals surface area contributed by atoms with E-state index in [1.165, 1.54) is 6.07 Å². The maximum absolute atomic E-state index is 13.7. The number of fused-ring (bicyclic) bond motifs is 1. The number of rotatable bonds is 4. The van der Waals surface area contributed by atoms with Crippen LogP contribution in [0.15, 0.2) is 53.3 Å². The van der Waals surface area contributed by atoms with Crippen molar-refractivity contribution in [1.29, 1.82) is 0 Å². The maximum atomic E-state index is 13.7. The molecule has 2 aromatic carbocycles. The Morgan fingerprint density at radius 1 is 1.21 bits per heavy atom. The van der Waals surface area contributed by atoms with E-state index in [2.05, 4.69) is 15.6 Å². The number of halogens is 1. The third kappa shape index (κ3) is 3.15. The first-order valence-electron chi connectivity index (χ1n) is 7.42. The van der Waals surface area contributed by atoms with Crippen molar-refractivity contribution < 1.29 is 9.18 Å². The summed E-state index contributed by atoms with van der Waals surface area (Å²) in [6.07, 6.45) is 0. The highest BCUT2D eigenvalue weighted by molar-refractivity contribution is 5.78. The standard InChI is InChI=1S/C17H15FN4O2/c1-11(12-6-2-4-8-14(12)18)19-16(23)10-22-17(24)13-7-3-5-9-15(13)20-21-22/h2-9,11H,10H2,1H3,(H,19,23)/t11-/m1/s1. The van der Waals surface area contributed by atoms with E-state index < -0.39 is 23.3 Å². The zero-order valence-corrected chi connectivity index (χ0v) is 12.9. The van der Waals surface area contributed by atoms with E-state index in [0.29, 0.717) is 16.5 Å². The molecule has 24 heavy (non-hydrogen) atoms. The molecule has 0 saturated carbocycles. The highest BCUT2D eigenvalue weighted by Crippen LogP contribution is 2.15. The van der Waals surface area contributed by atoms with Crippen molar-refractivity contribution in [3.8, 4) is 0 Å². The van der Waals surface area contributed by atoms with Gasteiger partial charge in [0.1, 0.15) is 17.9 Å². The van der Waals surface area contributed by atoms with E-state index in [4.69, 9.17) is 0 Å². The predicted molar refractivity (Wildman–Crippen MR) is 86.8 cm³/mol. The van der Waals surface area contributed by atoms with Crippen LogP contribution in [0.5, 0.6) is 0 Å². The van der Waals surface area contributed by atoms with E-state index >= 15 is 0 Å². The van der Waals surface area contributed by atoms with Gasteiger partial charge in [-0.25, -0.2) is 9.07 Å². The quantitative estimate of drug-likeness (QED) is 0.793. The average molecular weight is 326 g/mol. The zero-order chi connectivity index (χ0) is 17.1. The Kier molecular flexibility index (Phi) is 4.33. The van der Waals surface area contributed by atoms with Crippen molar-refractivity contribution in [2.45, 2.75) is 19.5 Å². The Bertz CT molecular complexity index is 954. The summed E-state index contributed by atoms with van der Waals surface area (Å²) >= 11 is 0. The second-order valence-electron chi connectivity index (χ2n) is 5.38. The number of benzene rings is 2. The van der Waals surface area contributed by atoms with Crippen molar-refractivity contribution in [2.24, 2.45) is 0 Å². The smallest absolute Gasteiger partial charge is 0.278 e. The molecule has 0 saturated heterocycles. The molecular weight excluding hydrogens is 311 g/mol. The van der Waals surface area contributed by atoms with E-state index in [9.17, 15) is 14.0 Å². The van der Waals surface area contributed by atoms with E-state index in [-0.39, 0.29) is 6.54 Å². The summed E-state index contributed by atoms with van der Waals surface area (Å²) in [5.74, 6) is -0.842. The van der Waals surface area contributed by atoms with Gasteiger partial charge in [-0.05, 0) is 25.1 Å². The molecule has 1 heterocycles. The summed E-state index contributed by atoms with van der Waals surface area (Å²) in [6, 6.07) is 12.5. The molecule has 122 valence electrons. The molecule has 7 heteroatoms. The molecule has 0 bridgehead atoms. The van der Waals surface area contributed by atoms with Gasteiger partial charge in [-0.2, -0.15) is 0 Å².